The minimum absolute atomic E-state index is 0.0339. The Morgan fingerprint density at radius 1 is 1.29 bits per heavy atom. The zero-order valence-corrected chi connectivity index (χ0v) is 11.6. The average molecular weight is 284 g/mol. The smallest absolute Gasteiger partial charge is 0.292 e. The number of hydrogen-bond donors (Lipinski definition) is 2. The van der Waals surface area contributed by atoms with Gasteiger partial charge in [-0.15, -0.1) is 0 Å². The summed E-state index contributed by atoms with van der Waals surface area (Å²) in [6, 6.07) is 12.5. The molecule has 0 heterocycles. The number of hydrogen-bond acceptors (Lipinski definition) is 4. The van der Waals surface area contributed by atoms with E-state index in [-0.39, 0.29) is 11.7 Å². The molecule has 2 aromatic rings. The second-order valence-electron chi connectivity index (χ2n) is 5.37. The molecule has 5 heteroatoms. The molecule has 21 heavy (non-hydrogen) atoms. The Bertz CT molecular complexity index is 700. The van der Waals surface area contributed by atoms with Gasteiger partial charge in [0.1, 0.15) is 5.69 Å². The second kappa shape index (κ2) is 5.18. The molecule has 0 amide bonds. The number of rotatable bonds is 3. The van der Waals surface area contributed by atoms with Crippen LogP contribution >= 0.6 is 0 Å². The quantitative estimate of drug-likeness (QED) is 0.671. The number of nitrogens with one attached hydrogen (secondary N) is 1. The summed E-state index contributed by atoms with van der Waals surface area (Å²) in [5.74, 6) is 0. The van der Waals surface area contributed by atoms with E-state index in [2.05, 4.69) is 5.32 Å². The Hall–Kier alpha value is -2.40. The molecule has 5 nitrogen and oxygen atoms in total. The molecule has 3 rings (SSSR count). The summed E-state index contributed by atoms with van der Waals surface area (Å²) in [4.78, 5) is 10.8. The Kier molecular flexibility index (Phi) is 3.35. The van der Waals surface area contributed by atoms with Crippen LogP contribution in [0, 0.1) is 17.0 Å². The van der Waals surface area contributed by atoms with E-state index in [0.29, 0.717) is 12.1 Å². The molecule has 1 aliphatic rings. The molecule has 0 unspecified atom stereocenters. The van der Waals surface area contributed by atoms with E-state index in [4.69, 9.17) is 0 Å². The molecule has 0 bridgehead atoms. The van der Waals surface area contributed by atoms with E-state index in [1.54, 1.807) is 6.07 Å². The van der Waals surface area contributed by atoms with E-state index in [0.717, 1.165) is 16.7 Å². The lowest BCUT2D eigenvalue weighted by Crippen LogP contribution is -2.21. The Labute approximate surface area is 122 Å². The summed E-state index contributed by atoms with van der Waals surface area (Å²) in [6.45, 7) is 1.82. The molecule has 0 saturated heterocycles. The van der Waals surface area contributed by atoms with Crippen LogP contribution in [-0.2, 0) is 6.42 Å². The maximum absolute atomic E-state index is 11.2. The van der Waals surface area contributed by atoms with Crippen LogP contribution in [0.15, 0.2) is 42.5 Å². The van der Waals surface area contributed by atoms with Crippen molar-refractivity contribution in [1.29, 1.82) is 0 Å². The summed E-state index contributed by atoms with van der Waals surface area (Å²) >= 11 is 0. The lowest BCUT2D eigenvalue weighted by atomic mass is 10.1. The van der Waals surface area contributed by atoms with E-state index in [1.165, 1.54) is 6.07 Å². The zero-order valence-electron chi connectivity index (χ0n) is 11.6. The first-order chi connectivity index (χ1) is 10.1. The predicted molar refractivity (Wildman–Crippen MR) is 80.3 cm³/mol. The zero-order chi connectivity index (χ0) is 15.0. The summed E-state index contributed by atoms with van der Waals surface area (Å²) < 4.78 is 0. The molecule has 0 spiro atoms. The van der Waals surface area contributed by atoms with Gasteiger partial charge in [-0.2, -0.15) is 0 Å². The topological polar surface area (TPSA) is 75.4 Å². The molecule has 108 valence electrons. The van der Waals surface area contributed by atoms with Gasteiger partial charge in [-0.25, -0.2) is 0 Å². The van der Waals surface area contributed by atoms with Crippen LogP contribution < -0.4 is 5.32 Å². The highest BCUT2D eigenvalue weighted by atomic mass is 16.6. The van der Waals surface area contributed by atoms with E-state index < -0.39 is 11.0 Å². The number of benzene rings is 2. The fourth-order valence-electron chi connectivity index (χ4n) is 2.83. The van der Waals surface area contributed by atoms with Crippen LogP contribution in [0.4, 0.5) is 11.4 Å². The molecule has 2 N–H and O–H groups in total. The SMILES string of the molecule is Cc1ccc(N[C@H]2c3ccccc3C[C@H]2O)c([N+](=O)[O-])c1. The minimum atomic E-state index is -0.580. The largest absolute Gasteiger partial charge is 0.390 e. The van der Waals surface area contributed by atoms with Crippen molar-refractivity contribution in [1.82, 2.24) is 0 Å². The van der Waals surface area contributed by atoms with Crippen LogP contribution in [0.2, 0.25) is 0 Å². The standard InChI is InChI=1S/C16H16N2O3/c1-10-6-7-13(14(8-10)18(20)21)17-16-12-5-3-2-4-11(12)9-15(16)19/h2-8,15-17,19H,9H2,1H3/t15-,16+/m1/s1. The molecule has 0 aromatic heterocycles. The van der Waals surface area contributed by atoms with Crippen molar-refractivity contribution in [3.05, 3.63) is 69.3 Å². The van der Waals surface area contributed by atoms with Gasteiger partial charge in [0.25, 0.3) is 5.69 Å². The van der Waals surface area contributed by atoms with Gasteiger partial charge < -0.3 is 10.4 Å². The first-order valence-electron chi connectivity index (χ1n) is 6.83. The lowest BCUT2D eigenvalue weighted by molar-refractivity contribution is -0.384. The summed E-state index contributed by atoms with van der Waals surface area (Å²) in [5.41, 5.74) is 3.38. The molecule has 1 aliphatic carbocycles. The molecule has 0 radical (unpaired) electrons. The molecule has 2 atom stereocenters. The van der Waals surface area contributed by atoms with Crippen molar-refractivity contribution in [3.8, 4) is 0 Å². The van der Waals surface area contributed by atoms with Crippen LogP contribution in [0.25, 0.3) is 0 Å². The first kappa shape index (κ1) is 13.6. The van der Waals surface area contributed by atoms with Crippen molar-refractivity contribution in [2.45, 2.75) is 25.5 Å². The number of nitro groups is 1. The van der Waals surface area contributed by atoms with Gasteiger partial charge in [-0.3, -0.25) is 10.1 Å². The predicted octanol–water partition coefficient (Wildman–Crippen LogP) is 2.97. The highest BCUT2D eigenvalue weighted by Crippen LogP contribution is 2.36. The first-order valence-corrected chi connectivity index (χ1v) is 6.83. The lowest BCUT2D eigenvalue weighted by Gasteiger charge is -2.19. The van der Waals surface area contributed by atoms with E-state index >= 15 is 0 Å². The molecular weight excluding hydrogens is 268 g/mol. The van der Waals surface area contributed by atoms with Crippen molar-refractivity contribution >= 4 is 11.4 Å². The van der Waals surface area contributed by atoms with Gasteiger partial charge in [-0.05, 0) is 29.7 Å². The number of nitrogens with zero attached hydrogens (tertiary/aromatic N) is 1. The number of nitro benzene ring substituents is 1. The van der Waals surface area contributed by atoms with Crippen molar-refractivity contribution in [3.63, 3.8) is 0 Å². The number of anilines is 1. The number of aliphatic hydroxyl groups excluding tert-OH is 1. The van der Waals surface area contributed by atoms with Crippen molar-refractivity contribution < 1.29 is 10.0 Å². The molecule has 0 aliphatic heterocycles. The number of aryl methyl sites for hydroxylation is 1. The molecule has 2 aromatic carbocycles. The van der Waals surface area contributed by atoms with Crippen molar-refractivity contribution in [2.24, 2.45) is 0 Å². The van der Waals surface area contributed by atoms with Gasteiger partial charge in [0.15, 0.2) is 0 Å². The third kappa shape index (κ3) is 2.48. The summed E-state index contributed by atoms with van der Waals surface area (Å²) in [7, 11) is 0. The van der Waals surface area contributed by atoms with Gasteiger partial charge in [0.05, 0.1) is 17.1 Å². The number of aliphatic hydroxyl groups is 1. The van der Waals surface area contributed by atoms with Gasteiger partial charge in [0, 0.05) is 12.5 Å². The number of fused-ring (bicyclic) bond motifs is 1. The third-order valence-electron chi connectivity index (χ3n) is 3.86. The Morgan fingerprint density at radius 2 is 2.05 bits per heavy atom. The van der Waals surface area contributed by atoms with E-state index in [1.807, 2.05) is 37.3 Å². The monoisotopic (exact) mass is 284 g/mol. The van der Waals surface area contributed by atoms with E-state index in [9.17, 15) is 15.2 Å². The summed E-state index contributed by atoms with van der Waals surface area (Å²) in [5, 5.41) is 24.5. The van der Waals surface area contributed by atoms with Crippen LogP contribution in [0.3, 0.4) is 0 Å². The van der Waals surface area contributed by atoms with Crippen molar-refractivity contribution in [2.75, 3.05) is 5.32 Å². The summed E-state index contributed by atoms with van der Waals surface area (Å²) in [6.07, 6.45) is -0.0173. The second-order valence-corrected chi connectivity index (χ2v) is 5.37. The van der Waals surface area contributed by atoms with Crippen LogP contribution in [0.1, 0.15) is 22.7 Å². The van der Waals surface area contributed by atoms with Crippen LogP contribution in [0.5, 0.6) is 0 Å². The van der Waals surface area contributed by atoms with Gasteiger partial charge in [-0.1, -0.05) is 30.3 Å². The maximum Gasteiger partial charge on any atom is 0.292 e. The third-order valence-corrected chi connectivity index (χ3v) is 3.86. The normalized spacial score (nSPS) is 20.1. The highest BCUT2D eigenvalue weighted by Gasteiger charge is 2.32. The van der Waals surface area contributed by atoms with Crippen LogP contribution in [-0.4, -0.2) is 16.1 Å². The van der Waals surface area contributed by atoms with Gasteiger partial charge >= 0.3 is 0 Å². The average Bonchev–Trinajstić information content (AvgIpc) is 2.77. The minimum Gasteiger partial charge on any atom is -0.390 e. The molecule has 0 fully saturated rings. The Balaban J connectivity index is 1.96. The Morgan fingerprint density at radius 3 is 2.81 bits per heavy atom. The molecule has 0 saturated carbocycles. The maximum atomic E-state index is 11.2. The van der Waals surface area contributed by atoms with Gasteiger partial charge in [0.2, 0.25) is 0 Å². The molecular formula is C16H16N2O3. The fourth-order valence-corrected chi connectivity index (χ4v) is 2.83. The fraction of sp³-hybridized carbons (Fsp3) is 0.250. The highest BCUT2D eigenvalue weighted by molar-refractivity contribution is 5.64.